The van der Waals surface area contributed by atoms with Gasteiger partial charge < -0.3 is 14.8 Å². The SMILES string of the molecule is CCc1ccc(-c2nc(C(=O)OCC(=O)Nc3cccc(OC)c3)cs2)cc1. The van der Waals surface area contributed by atoms with Gasteiger partial charge in [0.25, 0.3) is 5.91 Å². The number of ether oxygens (including phenoxy) is 2. The fraction of sp³-hybridized carbons (Fsp3) is 0.190. The minimum absolute atomic E-state index is 0.189. The van der Waals surface area contributed by atoms with E-state index < -0.39 is 18.5 Å². The summed E-state index contributed by atoms with van der Waals surface area (Å²) in [5.74, 6) is -0.447. The number of aromatic nitrogens is 1. The van der Waals surface area contributed by atoms with E-state index in [4.69, 9.17) is 9.47 Å². The molecule has 1 aromatic heterocycles. The summed E-state index contributed by atoms with van der Waals surface area (Å²) in [6.07, 6.45) is 0.966. The van der Waals surface area contributed by atoms with E-state index in [-0.39, 0.29) is 5.69 Å². The number of nitrogens with one attached hydrogen (secondary N) is 1. The lowest BCUT2D eigenvalue weighted by Gasteiger charge is -2.07. The van der Waals surface area contributed by atoms with Crippen molar-refractivity contribution in [2.45, 2.75) is 13.3 Å². The predicted octanol–water partition coefficient (Wildman–Crippen LogP) is 4.18. The van der Waals surface area contributed by atoms with Gasteiger partial charge in [0.1, 0.15) is 10.8 Å². The third kappa shape index (κ3) is 4.95. The Morgan fingerprint density at radius 1 is 1.14 bits per heavy atom. The average Bonchev–Trinajstić information content (AvgIpc) is 3.22. The number of carbonyl (C=O) groups is 2. The van der Waals surface area contributed by atoms with Gasteiger partial charge in [-0.1, -0.05) is 37.3 Å². The second-order valence-electron chi connectivity index (χ2n) is 5.94. The van der Waals surface area contributed by atoms with Crippen molar-refractivity contribution in [3.05, 3.63) is 65.2 Å². The van der Waals surface area contributed by atoms with Crippen LogP contribution in [0.4, 0.5) is 5.69 Å². The molecule has 28 heavy (non-hydrogen) atoms. The zero-order valence-corrected chi connectivity index (χ0v) is 16.4. The van der Waals surface area contributed by atoms with Gasteiger partial charge in [-0.2, -0.15) is 0 Å². The first-order valence-corrected chi connectivity index (χ1v) is 9.63. The molecule has 3 rings (SSSR count). The third-order valence-electron chi connectivity index (χ3n) is 4.01. The van der Waals surface area contributed by atoms with Crippen molar-refractivity contribution in [3.8, 4) is 16.3 Å². The standard InChI is InChI=1S/C21H20N2O4S/c1-3-14-7-9-15(10-8-14)20-23-18(13-28-20)21(25)27-12-19(24)22-16-5-4-6-17(11-16)26-2/h4-11,13H,3,12H2,1-2H3,(H,22,24). The molecule has 0 aliphatic heterocycles. The van der Waals surface area contributed by atoms with Gasteiger partial charge in [0, 0.05) is 22.7 Å². The summed E-state index contributed by atoms with van der Waals surface area (Å²) >= 11 is 1.36. The average molecular weight is 396 g/mol. The molecule has 6 nitrogen and oxygen atoms in total. The van der Waals surface area contributed by atoms with E-state index >= 15 is 0 Å². The van der Waals surface area contributed by atoms with Crippen LogP contribution in [0, 0.1) is 0 Å². The van der Waals surface area contributed by atoms with Gasteiger partial charge in [-0.3, -0.25) is 4.79 Å². The Bertz CT molecular complexity index is 967. The summed E-state index contributed by atoms with van der Waals surface area (Å²) in [7, 11) is 1.54. The highest BCUT2D eigenvalue weighted by Crippen LogP contribution is 2.24. The van der Waals surface area contributed by atoms with Gasteiger partial charge in [0.15, 0.2) is 12.3 Å². The predicted molar refractivity (Wildman–Crippen MR) is 109 cm³/mol. The van der Waals surface area contributed by atoms with Crippen molar-refractivity contribution in [1.29, 1.82) is 0 Å². The molecule has 144 valence electrons. The number of hydrogen-bond donors (Lipinski definition) is 1. The molecule has 0 aliphatic carbocycles. The van der Waals surface area contributed by atoms with Gasteiger partial charge in [0.05, 0.1) is 7.11 Å². The number of methoxy groups -OCH3 is 1. The highest BCUT2D eigenvalue weighted by molar-refractivity contribution is 7.13. The summed E-state index contributed by atoms with van der Waals surface area (Å²) in [6, 6.07) is 15.0. The van der Waals surface area contributed by atoms with Crippen molar-refractivity contribution in [2.75, 3.05) is 19.0 Å². The minimum Gasteiger partial charge on any atom is -0.497 e. The first-order chi connectivity index (χ1) is 13.6. The third-order valence-corrected chi connectivity index (χ3v) is 4.90. The van der Waals surface area contributed by atoms with Crippen LogP contribution in [0.5, 0.6) is 5.75 Å². The second kappa shape index (κ2) is 9.14. The van der Waals surface area contributed by atoms with Crippen molar-refractivity contribution >= 4 is 28.9 Å². The number of esters is 1. The zero-order chi connectivity index (χ0) is 19.9. The number of thiazole rings is 1. The van der Waals surface area contributed by atoms with Gasteiger partial charge in [-0.25, -0.2) is 9.78 Å². The molecule has 0 saturated carbocycles. The molecule has 0 saturated heterocycles. The maximum absolute atomic E-state index is 12.2. The van der Waals surface area contributed by atoms with Crippen LogP contribution in [-0.2, 0) is 16.0 Å². The fourth-order valence-electron chi connectivity index (χ4n) is 2.49. The first kappa shape index (κ1) is 19.6. The van der Waals surface area contributed by atoms with E-state index in [0.29, 0.717) is 11.4 Å². The Morgan fingerprint density at radius 3 is 2.64 bits per heavy atom. The van der Waals surface area contributed by atoms with Crippen LogP contribution < -0.4 is 10.1 Å². The van der Waals surface area contributed by atoms with Crippen LogP contribution in [-0.4, -0.2) is 30.6 Å². The molecule has 0 fully saturated rings. The summed E-state index contributed by atoms with van der Waals surface area (Å²) < 4.78 is 10.2. The highest BCUT2D eigenvalue weighted by atomic mass is 32.1. The zero-order valence-electron chi connectivity index (χ0n) is 15.6. The largest absolute Gasteiger partial charge is 0.497 e. The van der Waals surface area contributed by atoms with Crippen LogP contribution >= 0.6 is 11.3 Å². The normalized spacial score (nSPS) is 10.4. The molecule has 3 aromatic rings. The number of nitrogens with zero attached hydrogens (tertiary/aromatic N) is 1. The lowest BCUT2D eigenvalue weighted by molar-refractivity contribution is -0.119. The Balaban J connectivity index is 1.56. The molecule has 1 heterocycles. The van der Waals surface area contributed by atoms with E-state index in [1.807, 2.05) is 24.3 Å². The molecule has 0 unspecified atom stereocenters. The molecular formula is C21H20N2O4S. The number of carbonyl (C=O) groups excluding carboxylic acids is 2. The molecule has 0 radical (unpaired) electrons. The van der Waals surface area contributed by atoms with Crippen LogP contribution in [0.25, 0.3) is 10.6 Å². The molecule has 0 atom stereocenters. The number of anilines is 1. The molecule has 2 aromatic carbocycles. The number of amides is 1. The molecule has 0 bridgehead atoms. The van der Waals surface area contributed by atoms with Gasteiger partial charge in [-0.15, -0.1) is 11.3 Å². The fourth-order valence-corrected chi connectivity index (χ4v) is 3.28. The first-order valence-electron chi connectivity index (χ1n) is 8.75. The van der Waals surface area contributed by atoms with Gasteiger partial charge in [0.2, 0.25) is 0 Å². The van der Waals surface area contributed by atoms with E-state index in [2.05, 4.69) is 17.2 Å². The summed E-state index contributed by atoms with van der Waals surface area (Å²) in [4.78, 5) is 28.5. The van der Waals surface area contributed by atoms with Gasteiger partial charge >= 0.3 is 5.97 Å². The van der Waals surface area contributed by atoms with E-state index in [9.17, 15) is 9.59 Å². The van der Waals surface area contributed by atoms with Crippen LogP contribution in [0.1, 0.15) is 23.0 Å². The summed E-state index contributed by atoms with van der Waals surface area (Å²) in [5.41, 5.74) is 2.93. The number of rotatable bonds is 7. The monoisotopic (exact) mass is 396 g/mol. The lowest BCUT2D eigenvalue weighted by atomic mass is 10.1. The Labute approximate surface area is 167 Å². The molecule has 0 aliphatic rings. The minimum atomic E-state index is -0.631. The quantitative estimate of drug-likeness (QED) is 0.606. The molecule has 7 heteroatoms. The number of aryl methyl sites for hydroxylation is 1. The van der Waals surface area contributed by atoms with Crippen LogP contribution in [0.3, 0.4) is 0 Å². The van der Waals surface area contributed by atoms with Crippen LogP contribution in [0.2, 0.25) is 0 Å². The Morgan fingerprint density at radius 2 is 1.93 bits per heavy atom. The number of benzene rings is 2. The highest BCUT2D eigenvalue weighted by Gasteiger charge is 2.15. The molecular weight excluding hydrogens is 376 g/mol. The van der Waals surface area contributed by atoms with Crippen molar-refractivity contribution < 1.29 is 19.1 Å². The van der Waals surface area contributed by atoms with Gasteiger partial charge in [-0.05, 0) is 24.1 Å². The topological polar surface area (TPSA) is 77.5 Å². The van der Waals surface area contributed by atoms with Crippen molar-refractivity contribution in [3.63, 3.8) is 0 Å². The maximum Gasteiger partial charge on any atom is 0.358 e. The Hall–Kier alpha value is -3.19. The summed E-state index contributed by atoms with van der Waals surface area (Å²) in [5, 5.41) is 5.01. The smallest absolute Gasteiger partial charge is 0.358 e. The maximum atomic E-state index is 12.2. The van der Waals surface area contributed by atoms with E-state index in [1.165, 1.54) is 16.9 Å². The Kier molecular flexibility index (Phi) is 6.39. The molecule has 0 spiro atoms. The van der Waals surface area contributed by atoms with Crippen LogP contribution in [0.15, 0.2) is 53.9 Å². The van der Waals surface area contributed by atoms with E-state index in [1.54, 1.807) is 36.8 Å². The molecule has 1 N–H and O–H groups in total. The van der Waals surface area contributed by atoms with Crippen molar-refractivity contribution in [1.82, 2.24) is 4.98 Å². The number of hydrogen-bond acceptors (Lipinski definition) is 6. The van der Waals surface area contributed by atoms with Crippen molar-refractivity contribution in [2.24, 2.45) is 0 Å². The second-order valence-corrected chi connectivity index (χ2v) is 6.80. The molecule has 1 amide bonds. The summed E-state index contributed by atoms with van der Waals surface area (Å²) in [6.45, 7) is 1.70. The lowest BCUT2D eigenvalue weighted by Crippen LogP contribution is -2.21. The van der Waals surface area contributed by atoms with E-state index in [0.717, 1.165) is 17.0 Å².